The molecule has 2 nitrogen and oxygen atoms in total. The number of hydrogen-bond acceptors (Lipinski definition) is 3. The zero-order chi connectivity index (χ0) is 6.41. The third-order valence-electron chi connectivity index (χ3n) is 0.630. The predicted molar refractivity (Wildman–Crippen MR) is 43.1 cm³/mol. The van der Waals surface area contributed by atoms with Gasteiger partial charge >= 0.3 is 43.7 Å². The van der Waals surface area contributed by atoms with Gasteiger partial charge in [-0.3, -0.25) is 4.79 Å². The monoisotopic (exact) mass is 176 g/mol. The average molecular weight is 176 g/mol. The molecule has 0 spiro atoms. The molecule has 0 aromatic carbocycles. The van der Waals surface area contributed by atoms with Gasteiger partial charge in [-0.05, 0) is 6.42 Å². The van der Waals surface area contributed by atoms with Crippen LogP contribution in [-0.4, -0.2) is 50.0 Å². The third-order valence-corrected chi connectivity index (χ3v) is 0.983. The predicted octanol–water partition coefficient (Wildman–Crippen LogP) is 0.691. The zero-order valence-electron chi connectivity index (χ0n) is 5.14. The molecule has 0 heterocycles. The van der Waals surface area contributed by atoms with Gasteiger partial charge in [-0.25, -0.2) is 0 Å². The first-order valence-corrected chi connectivity index (χ1v) is 3.69. The van der Waals surface area contributed by atoms with Crippen molar-refractivity contribution in [1.82, 2.24) is 0 Å². The van der Waals surface area contributed by atoms with Crippen molar-refractivity contribution in [1.29, 1.82) is 0 Å². The van der Waals surface area contributed by atoms with Crippen molar-refractivity contribution in [3.8, 4) is 0 Å². The van der Waals surface area contributed by atoms with Gasteiger partial charge in [0, 0.05) is 12.7 Å². The zero-order valence-corrected chi connectivity index (χ0v) is 5.96. The van der Waals surface area contributed by atoms with Crippen LogP contribution in [0.2, 0.25) is 0 Å². The van der Waals surface area contributed by atoms with Crippen LogP contribution in [0.5, 0.6) is 0 Å². The summed E-state index contributed by atoms with van der Waals surface area (Å²) in [5.41, 5.74) is 0. The molecule has 0 amide bonds. The second-order valence-corrected chi connectivity index (χ2v) is 1.87. The van der Waals surface area contributed by atoms with Crippen LogP contribution in [0.15, 0.2) is 0 Å². The van der Waals surface area contributed by atoms with Crippen LogP contribution in [0.4, 0.5) is 0 Å². The van der Waals surface area contributed by atoms with Crippen molar-refractivity contribution in [2.24, 2.45) is 0 Å². The minimum atomic E-state index is -0.125. The molecule has 0 aliphatic heterocycles. The topological polar surface area (TPSA) is 26.3 Å². The second-order valence-electron chi connectivity index (χ2n) is 1.37. The molecule has 4 heteroatoms. The molecule has 9 heavy (non-hydrogen) atoms. The van der Waals surface area contributed by atoms with E-state index in [0.29, 0.717) is 6.42 Å². The molecule has 0 aliphatic rings. The standard InChI is InChI=1S/C5H10O2S.Ca.2H/c1-3-4-5(6)7-8-2;;;/h3-4H2,1-2H3;;;. The summed E-state index contributed by atoms with van der Waals surface area (Å²) in [7, 11) is 0. The Balaban J connectivity index is 0. The Morgan fingerprint density at radius 3 is 2.56 bits per heavy atom. The Kier molecular flexibility index (Phi) is 12.8. The summed E-state index contributed by atoms with van der Waals surface area (Å²) >= 11 is 1.10. The number of hydrogen-bond donors (Lipinski definition) is 0. The van der Waals surface area contributed by atoms with E-state index in [4.69, 9.17) is 0 Å². The van der Waals surface area contributed by atoms with E-state index >= 15 is 0 Å². The van der Waals surface area contributed by atoms with E-state index in [2.05, 4.69) is 4.18 Å². The molecule has 0 saturated heterocycles. The molecule has 0 unspecified atom stereocenters. The van der Waals surface area contributed by atoms with Crippen molar-refractivity contribution < 1.29 is 8.98 Å². The fourth-order valence-corrected chi connectivity index (χ4v) is 0.608. The molecule has 0 fully saturated rings. The Bertz CT molecular complexity index is 69.4. The molecule has 0 aromatic rings. The molecule has 0 rings (SSSR count). The Morgan fingerprint density at radius 1 is 1.67 bits per heavy atom. The van der Waals surface area contributed by atoms with Crippen molar-refractivity contribution in [2.45, 2.75) is 19.8 Å². The van der Waals surface area contributed by atoms with Gasteiger partial charge in [-0.2, -0.15) is 0 Å². The Morgan fingerprint density at radius 2 is 2.22 bits per heavy atom. The maximum absolute atomic E-state index is 10.4. The van der Waals surface area contributed by atoms with Crippen LogP contribution in [0, 0.1) is 0 Å². The molecule has 0 aromatic heterocycles. The quantitative estimate of drug-likeness (QED) is 0.467. The fraction of sp³-hybridized carbons (Fsp3) is 0.800. The van der Waals surface area contributed by atoms with Crippen molar-refractivity contribution >= 4 is 55.8 Å². The molecule has 52 valence electrons. The molecule has 0 aliphatic carbocycles. The summed E-state index contributed by atoms with van der Waals surface area (Å²) in [6, 6.07) is 0. The average Bonchev–Trinajstić information content (AvgIpc) is 1.68. The third kappa shape index (κ3) is 9.08. The van der Waals surface area contributed by atoms with Crippen LogP contribution in [0.1, 0.15) is 19.8 Å². The van der Waals surface area contributed by atoms with Gasteiger partial charge in [0.25, 0.3) is 0 Å². The summed E-state index contributed by atoms with van der Waals surface area (Å²) < 4.78 is 4.56. The van der Waals surface area contributed by atoms with Crippen LogP contribution in [0.25, 0.3) is 0 Å². The van der Waals surface area contributed by atoms with E-state index in [-0.39, 0.29) is 43.7 Å². The normalized spacial score (nSPS) is 7.78. The SMILES string of the molecule is CCCC(=O)OSC.[CaH2]. The van der Waals surface area contributed by atoms with Gasteiger partial charge in [-0.1, -0.05) is 6.92 Å². The number of carbonyl (C=O) groups is 1. The Hall–Kier alpha value is 1.08. The van der Waals surface area contributed by atoms with Gasteiger partial charge in [0.1, 0.15) is 0 Å². The van der Waals surface area contributed by atoms with E-state index in [1.54, 1.807) is 6.26 Å². The summed E-state index contributed by atoms with van der Waals surface area (Å²) in [4.78, 5) is 10.4. The van der Waals surface area contributed by atoms with Crippen molar-refractivity contribution in [3.63, 3.8) is 0 Å². The van der Waals surface area contributed by atoms with Gasteiger partial charge < -0.3 is 4.18 Å². The van der Waals surface area contributed by atoms with E-state index < -0.39 is 0 Å². The van der Waals surface area contributed by atoms with Gasteiger partial charge in [0.05, 0.1) is 12.0 Å². The molecule has 0 saturated carbocycles. The van der Waals surface area contributed by atoms with Crippen molar-refractivity contribution in [2.75, 3.05) is 6.26 Å². The summed E-state index contributed by atoms with van der Waals surface area (Å²) in [6.07, 6.45) is 3.12. The van der Waals surface area contributed by atoms with E-state index in [0.717, 1.165) is 18.5 Å². The first-order chi connectivity index (χ1) is 3.81. The molecule has 0 atom stereocenters. The van der Waals surface area contributed by atoms with Gasteiger partial charge in [0.2, 0.25) is 0 Å². The first kappa shape index (κ1) is 12.7. The van der Waals surface area contributed by atoms with Gasteiger partial charge in [-0.15, -0.1) is 0 Å². The van der Waals surface area contributed by atoms with Crippen molar-refractivity contribution in [3.05, 3.63) is 0 Å². The van der Waals surface area contributed by atoms with Crippen LogP contribution >= 0.6 is 12.0 Å². The van der Waals surface area contributed by atoms with Crippen LogP contribution in [-0.2, 0) is 8.98 Å². The molecule has 0 bridgehead atoms. The van der Waals surface area contributed by atoms with Crippen LogP contribution in [0.3, 0.4) is 0 Å². The maximum atomic E-state index is 10.4. The van der Waals surface area contributed by atoms with Gasteiger partial charge in [0.15, 0.2) is 0 Å². The molecular weight excluding hydrogens is 164 g/mol. The number of carbonyl (C=O) groups excluding carboxylic acids is 1. The molecular formula is C5H12CaO2S. The summed E-state index contributed by atoms with van der Waals surface area (Å²) in [5.74, 6) is -0.125. The summed E-state index contributed by atoms with van der Waals surface area (Å²) in [6.45, 7) is 1.95. The van der Waals surface area contributed by atoms with E-state index in [1.807, 2.05) is 6.92 Å². The minimum absolute atomic E-state index is 0. The van der Waals surface area contributed by atoms with E-state index in [1.165, 1.54) is 0 Å². The van der Waals surface area contributed by atoms with Crippen LogP contribution < -0.4 is 0 Å². The van der Waals surface area contributed by atoms with E-state index in [9.17, 15) is 4.79 Å². The fourth-order valence-electron chi connectivity index (χ4n) is 0.339. The first-order valence-electron chi connectivity index (χ1n) is 2.54. The summed E-state index contributed by atoms with van der Waals surface area (Å²) in [5, 5.41) is 0. The second kappa shape index (κ2) is 9.08. The molecule has 0 radical (unpaired) electrons. The number of rotatable bonds is 3. The molecule has 0 N–H and O–H groups in total. The Labute approximate surface area is 89.9 Å².